The predicted molar refractivity (Wildman–Crippen MR) is 73.2 cm³/mol. The average Bonchev–Trinajstić information content (AvgIpc) is 2.27. The van der Waals surface area contributed by atoms with E-state index < -0.39 is 5.60 Å². The molecule has 2 N–H and O–H groups in total. The molecule has 0 aromatic carbocycles. The van der Waals surface area contributed by atoms with Gasteiger partial charge in [-0.15, -0.1) is 0 Å². The van der Waals surface area contributed by atoms with Gasteiger partial charge >= 0.3 is 0 Å². The van der Waals surface area contributed by atoms with Crippen molar-refractivity contribution in [2.24, 2.45) is 11.8 Å². The molecule has 0 spiro atoms. The predicted octanol–water partition coefficient (Wildman–Crippen LogP) is 1.71. The molecule has 1 fully saturated rings. The van der Waals surface area contributed by atoms with Crippen LogP contribution in [-0.2, 0) is 0 Å². The summed E-state index contributed by atoms with van der Waals surface area (Å²) < 4.78 is 0. The maximum absolute atomic E-state index is 10.3. The van der Waals surface area contributed by atoms with Gasteiger partial charge in [0.05, 0.1) is 5.60 Å². The summed E-state index contributed by atoms with van der Waals surface area (Å²) >= 11 is 0. The van der Waals surface area contributed by atoms with E-state index in [-0.39, 0.29) is 0 Å². The summed E-state index contributed by atoms with van der Waals surface area (Å²) in [7, 11) is 2.02. The van der Waals surface area contributed by atoms with Gasteiger partial charge in [-0.2, -0.15) is 0 Å². The maximum Gasteiger partial charge on any atom is 0.0768 e. The normalized spacial score (nSPS) is 22.9. The zero-order valence-electron chi connectivity index (χ0n) is 12.0. The van der Waals surface area contributed by atoms with Crippen LogP contribution < -0.4 is 5.32 Å². The van der Waals surface area contributed by atoms with Crippen LogP contribution in [-0.4, -0.2) is 48.8 Å². The molecule has 0 saturated carbocycles. The van der Waals surface area contributed by atoms with Crippen LogP contribution >= 0.6 is 0 Å². The monoisotopic (exact) mass is 242 g/mol. The zero-order chi connectivity index (χ0) is 12.9. The number of rotatable bonds is 6. The van der Waals surface area contributed by atoms with Crippen LogP contribution in [0.2, 0.25) is 0 Å². The van der Waals surface area contributed by atoms with Crippen molar-refractivity contribution in [2.45, 2.75) is 45.6 Å². The van der Waals surface area contributed by atoms with E-state index in [1.54, 1.807) is 0 Å². The second-order valence-corrected chi connectivity index (χ2v) is 6.12. The Kier molecular flexibility index (Phi) is 5.90. The fraction of sp³-hybridized carbons (Fsp3) is 1.00. The molecule has 0 aromatic rings. The third-order valence-electron chi connectivity index (χ3n) is 4.30. The molecule has 1 atom stereocenters. The Morgan fingerprint density at radius 3 is 2.41 bits per heavy atom. The molecule has 1 rings (SSSR count). The van der Waals surface area contributed by atoms with Crippen molar-refractivity contribution in [2.75, 3.05) is 33.2 Å². The fourth-order valence-corrected chi connectivity index (χ4v) is 2.42. The lowest BCUT2D eigenvalue weighted by atomic mass is 9.89. The van der Waals surface area contributed by atoms with Gasteiger partial charge in [0.15, 0.2) is 0 Å². The van der Waals surface area contributed by atoms with Gasteiger partial charge < -0.3 is 15.3 Å². The Balaban J connectivity index is 2.27. The maximum atomic E-state index is 10.3. The van der Waals surface area contributed by atoms with Crippen molar-refractivity contribution < 1.29 is 5.11 Å². The summed E-state index contributed by atoms with van der Waals surface area (Å²) in [5, 5.41) is 13.5. The quantitative estimate of drug-likeness (QED) is 0.744. The largest absolute Gasteiger partial charge is 0.389 e. The van der Waals surface area contributed by atoms with E-state index in [0.29, 0.717) is 5.92 Å². The molecule has 17 heavy (non-hydrogen) atoms. The molecular formula is C14H30N2O. The molecular weight excluding hydrogens is 212 g/mol. The highest BCUT2D eigenvalue weighted by Crippen LogP contribution is 2.24. The number of nitrogens with zero attached hydrogens (tertiary/aromatic N) is 1. The van der Waals surface area contributed by atoms with Crippen LogP contribution in [0.1, 0.15) is 40.0 Å². The number of piperidine rings is 1. The second-order valence-electron chi connectivity index (χ2n) is 6.12. The minimum atomic E-state index is -0.544. The molecule has 0 amide bonds. The Morgan fingerprint density at radius 1 is 1.35 bits per heavy atom. The lowest BCUT2D eigenvalue weighted by Gasteiger charge is -2.38. The first-order chi connectivity index (χ1) is 7.95. The Hall–Kier alpha value is -0.120. The minimum absolute atomic E-state index is 0.324. The molecule has 3 nitrogen and oxygen atoms in total. The topological polar surface area (TPSA) is 35.5 Å². The van der Waals surface area contributed by atoms with E-state index in [2.05, 4.69) is 24.1 Å². The summed E-state index contributed by atoms with van der Waals surface area (Å²) in [6.07, 6.45) is 3.87. The van der Waals surface area contributed by atoms with Gasteiger partial charge in [0.2, 0.25) is 0 Å². The van der Waals surface area contributed by atoms with Crippen molar-refractivity contribution in [1.82, 2.24) is 10.2 Å². The summed E-state index contributed by atoms with van der Waals surface area (Å²) in [6.45, 7) is 10.4. The lowest BCUT2D eigenvalue weighted by molar-refractivity contribution is -0.0260. The third kappa shape index (κ3) is 4.94. The highest BCUT2D eigenvalue weighted by Gasteiger charge is 2.29. The van der Waals surface area contributed by atoms with Crippen LogP contribution in [0.3, 0.4) is 0 Å². The molecule has 1 unspecified atom stereocenters. The summed E-state index contributed by atoms with van der Waals surface area (Å²) in [4.78, 5) is 2.43. The van der Waals surface area contributed by atoms with Gasteiger partial charge in [-0.05, 0) is 64.7 Å². The Morgan fingerprint density at radius 2 is 1.94 bits per heavy atom. The van der Waals surface area contributed by atoms with Crippen molar-refractivity contribution in [3.05, 3.63) is 0 Å². The van der Waals surface area contributed by atoms with Gasteiger partial charge in [0.25, 0.3) is 0 Å². The smallest absolute Gasteiger partial charge is 0.0768 e. The standard InChI is InChI=1S/C14H30N2O/c1-12(2)14(3,17)11-16-9-6-13(7-10-16)5-8-15-4/h12-13,15,17H,5-11H2,1-4H3. The summed E-state index contributed by atoms with van der Waals surface area (Å²) in [5.41, 5.74) is -0.544. The molecule has 0 bridgehead atoms. The van der Waals surface area contributed by atoms with Crippen molar-refractivity contribution in [3.8, 4) is 0 Å². The van der Waals surface area contributed by atoms with Gasteiger partial charge in [-0.3, -0.25) is 0 Å². The van der Waals surface area contributed by atoms with Gasteiger partial charge in [0, 0.05) is 6.54 Å². The van der Waals surface area contributed by atoms with E-state index in [1.165, 1.54) is 19.3 Å². The molecule has 1 aliphatic heterocycles. The highest BCUT2D eigenvalue weighted by molar-refractivity contribution is 4.83. The lowest BCUT2D eigenvalue weighted by Crippen LogP contribution is -2.47. The highest BCUT2D eigenvalue weighted by atomic mass is 16.3. The van der Waals surface area contributed by atoms with E-state index in [9.17, 15) is 5.11 Å². The minimum Gasteiger partial charge on any atom is -0.389 e. The number of likely N-dealkylation sites (tertiary alicyclic amines) is 1. The number of hydrogen-bond donors (Lipinski definition) is 2. The SMILES string of the molecule is CNCCC1CCN(CC(C)(O)C(C)C)CC1. The van der Waals surface area contributed by atoms with Gasteiger partial charge in [-0.25, -0.2) is 0 Å². The number of hydrogen-bond acceptors (Lipinski definition) is 3. The number of aliphatic hydroxyl groups is 1. The fourth-order valence-electron chi connectivity index (χ4n) is 2.42. The summed E-state index contributed by atoms with van der Waals surface area (Å²) in [5.74, 6) is 1.20. The van der Waals surface area contributed by atoms with E-state index >= 15 is 0 Å². The van der Waals surface area contributed by atoms with Crippen LogP contribution in [0.5, 0.6) is 0 Å². The first-order valence-corrected chi connectivity index (χ1v) is 7.05. The second kappa shape index (κ2) is 6.72. The van der Waals surface area contributed by atoms with Crippen LogP contribution in [0, 0.1) is 11.8 Å². The Labute approximate surface area is 107 Å². The Bertz CT molecular complexity index is 208. The van der Waals surface area contributed by atoms with Crippen molar-refractivity contribution in [3.63, 3.8) is 0 Å². The molecule has 1 saturated heterocycles. The number of β-amino-alcohol motifs (C(OH)–C–C–N with tert-alkyl or cyclic N) is 1. The van der Waals surface area contributed by atoms with E-state index in [1.807, 2.05) is 14.0 Å². The molecule has 0 aliphatic carbocycles. The van der Waals surface area contributed by atoms with E-state index in [4.69, 9.17) is 0 Å². The first-order valence-electron chi connectivity index (χ1n) is 7.05. The first kappa shape index (κ1) is 14.9. The zero-order valence-corrected chi connectivity index (χ0v) is 12.0. The molecule has 1 heterocycles. The van der Waals surface area contributed by atoms with Crippen molar-refractivity contribution in [1.29, 1.82) is 0 Å². The van der Waals surface area contributed by atoms with E-state index in [0.717, 1.165) is 32.1 Å². The molecule has 3 heteroatoms. The number of nitrogens with one attached hydrogen (secondary N) is 1. The third-order valence-corrected chi connectivity index (χ3v) is 4.30. The van der Waals surface area contributed by atoms with Crippen LogP contribution in [0.4, 0.5) is 0 Å². The van der Waals surface area contributed by atoms with Crippen LogP contribution in [0.25, 0.3) is 0 Å². The molecule has 0 radical (unpaired) electrons. The molecule has 1 aliphatic rings. The van der Waals surface area contributed by atoms with Gasteiger partial charge in [0.1, 0.15) is 0 Å². The van der Waals surface area contributed by atoms with Gasteiger partial charge in [-0.1, -0.05) is 13.8 Å². The van der Waals surface area contributed by atoms with Crippen LogP contribution in [0.15, 0.2) is 0 Å². The average molecular weight is 242 g/mol. The molecule has 0 aromatic heterocycles. The van der Waals surface area contributed by atoms with Crippen molar-refractivity contribution >= 4 is 0 Å². The summed E-state index contributed by atoms with van der Waals surface area (Å²) in [6, 6.07) is 0. The molecule has 102 valence electrons.